The number of fused-ring (bicyclic) bond motifs is 2. The summed E-state index contributed by atoms with van der Waals surface area (Å²) in [5.74, 6) is 0.192. The van der Waals surface area contributed by atoms with Gasteiger partial charge < -0.3 is 0 Å². The Labute approximate surface area is 150 Å². The molecule has 0 aliphatic heterocycles. The predicted octanol–water partition coefficient (Wildman–Crippen LogP) is 2.87. The van der Waals surface area contributed by atoms with E-state index in [2.05, 4.69) is 36.4 Å². The second-order valence-electron chi connectivity index (χ2n) is 7.36. The van der Waals surface area contributed by atoms with Gasteiger partial charge in [0.2, 0.25) is 0 Å². The molecule has 24 heavy (non-hydrogen) atoms. The van der Waals surface area contributed by atoms with Crippen LogP contribution < -0.4 is 11.0 Å². The van der Waals surface area contributed by atoms with Gasteiger partial charge in [-0.25, -0.2) is 10.1 Å². The van der Waals surface area contributed by atoms with E-state index in [0.717, 1.165) is 23.2 Å². The number of amides is 1. The molecule has 2 aliphatic carbocycles. The van der Waals surface area contributed by atoms with E-state index in [1.54, 1.807) is 0 Å². The van der Waals surface area contributed by atoms with Gasteiger partial charge in [0.25, 0.3) is 11.5 Å². The second-order valence-corrected chi connectivity index (χ2v) is 8.14. The zero-order valence-electron chi connectivity index (χ0n) is 13.9. The van der Waals surface area contributed by atoms with Gasteiger partial charge in [0, 0.05) is 11.1 Å². The van der Waals surface area contributed by atoms with Crippen molar-refractivity contribution in [1.82, 2.24) is 15.2 Å². The summed E-state index contributed by atoms with van der Waals surface area (Å²) in [6, 6.07) is 0. The van der Waals surface area contributed by atoms with Gasteiger partial charge in [0.1, 0.15) is 11.6 Å². The van der Waals surface area contributed by atoms with Crippen molar-refractivity contribution in [3.8, 4) is 0 Å². The number of hydrazone groups is 1. The highest BCUT2D eigenvalue weighted by molar-refractivity contribution is 6.41. The first-order chi connectivity index (χ1) is 11.2. The van der Waals surface area contributed by atoms with E-state index in [4.69, 9.17) is 23.2 Å². The third-order valence-electron chi connectivity index (χ3n) is 6.06. The Hall–Kier alpha value is -1.40. The van der Waals surface area contributed by atoms with Gasteiger partial charge in [-0.1, -0.05) is 44.0 Å². The van der Waals surface area contributed by atoms with Crippen molar-refractivity contribution >= 4 is 34.8 Å². The molecule has 2 fully saturated rings. The molecule has 2 saturated carbocycles. The summed E-state index contributed by atoms with van der Waals surface area (Å²) in [5.41, 5.74) is 3.20. The minimum Gasteiger partial charge on any atom is -0.271 e. The summed E-state index contributed by atoms with van der Waals surface area (Å²) < 4.78 is 0.968. The second kappa shape index (κ2) is 5.85. The van der Waals surface area contributed by atoms with E-state index in [9.17, 15) is 9.59 Å². The Morgan fingerprint density at radius 3 is 2.75 bits per heavy atom. The maximum atomic E-state index is 12.1. The minimum atomic E-state index is -0.597. The summed E-state index contributed by atoms with van der Waals surface area (Å²) in [5, 5.41) is 8.09. The molecule has 3 rings (SSSR count). The van der Waals surface area contributed by atoms with Crippen LogP contribution in [-0.2, 0) is 11.3 Å². The van der Waals surface area contributed by atoms with Crippen LogP contribution in [0, 0.1) is 16.7 Å². The fraction of sp³-hybridized carbons (Fsp3) is 0.625. The van der Waals surface area contributed by atoms with Gasteiger partial charge >= 0.3 is 0 Å². The predicted molar refractivity (Wildman–Crippen MR) is 93.3 cm³/mol. The minimum absolute atomic E-state index is 0.0175. The lowest BCUT2D eigenvalue weighted by Crippen LogP contribution is -2.36. The summed E-state index contributed by atoms with van der Waals surface area (Å²) in [6.07, 6.45) is 4.45. The fourth-order valence-corrected chi connectivity index (χ4v) is 4.23. The van der Waals surface area contributed by atoms with Crippen molar-refractivity contribution in [1.29, 1.82) is 0 Å². The number of nitrogens with zero attached hydrogens (tertiary/aromatic N) is 3. The van der Waals surface area contributed by atoms with Crippen LogP contribution in [0.4, 0.5) is 0 Å². The van der Waals surface area contributed by atoms with Crippen LogP contribution in [0.5, 0.6) is 0 Å². The van der Waals surface area contributed by atoms with Gasteiger partial charge in [0.15, 0.2) is 0 Å². The smallest absolute Gasteiger partial charge is 0.271 e. The average Bonchev–Trinajstić information content (AvgIpc) is 2.86. The highest BCUT2D eigenvalue weighted by Crippen LogP contribution is 2.63. The van der Waals surface area contributed by atoms with E-state index in [1.807, 2.05) is 0 Å². The van der Waals surface area contributed by atoms with Crippen molar-refractivity contribution < 1.29 is 4.79 Å². The summed E-state index contributed by atoms with van der Waals surface area (Å²) in [4.78, 5) is 24.0. The molecule has 1 aromatic rings. The number of hydrogen-bond donors (Lipinski definition) is 1. The van der Waals surface area contributed by atoms with Crippen LogP contribution in [0.3, 0.4) is 0 Å². The standard InChI is InChI=1S/C16H20Cl2N4O2/c1-15(2)9-4-5-16(15,3)11(6-9)20-21-12(23)8-22-14(24)13(18)10(17)7-19-22/h7,9H,4-6,8H2,1-3H3,(H,21,23)/t9-,16+/m0/s1. The maximum Gasteiger partial charge on any atom is 0.287 e. The SMILES string of the molecule is CC1(C)[C@H]2CC[C@]1(C)C(=NNC(=O)Cn1ncc(Cl)c(Cl)c1=O)C2. The molecule has 1 N–H and O–H groups in total. The molecule has 2 aliphatic rings. The zero-order valence-corrected chi connectivity index (χ0v) is 15.4. The van der Waals surface area contributed by atoms with Gasteiger partial charge in [0.05, 0.1) is 11.2 Å². The number of carbonyl (C=O) groups excluding carboxylic acids is 1. The lowest BCUT2D eigenvalue weighted by molar-refractivity contribution is -0.121. The van der Waals surface area contributed by atoms with Crippen LogP contribution in [-0.4, -0.2) is 21.4 Å². The van der Waals surface area contributed by atoms with Crippen LogP contribution in [0.2, 0.25) is 10.0 Å². The fourth-order valence-electron chi connectivity index (χ4n) is 3.96. The molecular formula is C16H20Cl2N4O2. The molecular weight excluding hydrogens is 351 g/mol. The molecule has 1 heterocycles. The number of hydrogen-bond acceptors (Lipinski definition) is 4. The number of nitrogens with one attached hydrogen (secondary N) is 1. The zero-order chi connectivity index (χ0) is 17.7. The molecule has 130 valence electrons. The van der Waals surface area contributed by atoms with Gasteiger partial charge in [-0.3, -0.25) is 9.59 Å². The molecule has 2 bridgehead atoms. The van der Waals surface area contributed by atoms with Crippen LogP contribution in [0.1, 0.15) is 40.0 Å². The highest BCUT2D eigenvalue weighted by atomic mass is 35.5. The summed E-state index contributed by atoms with van der Waals surface area (Å²) in [6.45, 7) is 6.51. The monoisotopic (exact) mass is 370 g/mol. The molecule has 8 heteroatoms. The van der Waals surface area contributed by atoms with E-state index < -0.39 is 11.5 Å². The molecule has 0 radical (unpaired) electrons. The van der Waals surface area contributed by atoms with E-state index in [1.165, 1.54) is 12.6 Å². The van der Waals surface area contributed by atoms with Gasteiger partial charge in [-0.05, 0) is 30.6 Å². The van der Waals surface area contributed by atoms with Gasteiger partial charge in [-0.2, -0.15) is 10.2 Å². The number of rotatable bonds is 3. The van der Waals surface area contributed by atoms with Crippen LogP contribution >= 0.6 is 23.2 Å². The quantitative estimate of drug-likeness (QED) is 0.830. The molecule has 2 atom stereocenters. The lowest BCUT2D eigenvalue weighted by atomic mass is 9.70. The molecule has 0 saturated heterocycles. The number of halogens is 2. The maximum absolute atomic E-state index is 12.1. The Morgan fingerprint density at radius 1 is 1.46 bits per heavy atom. The van der Waals surface area contributed by atoms with Crippen molar-refractivity contribution in [2.45, 2.75) is 46.6 Å². The number of aromatic nitrogens is 2. The lowest BCUT2D eigenvalue weighted by Gasteiger charge is -2.34. The average molecular weight is 371 g/mol. The Kier molecular flexibility index (Phi) is 4.24. The Morgan fingerprint density at radius 2 is 2.17 bits per heavy atom. The van der Waals surface area contributed by atoms with E-state index in [-0.39, 0.29) is 27.4 Å². The van der Waals surface area contributed by atoms with Gasteiger partial charge in [-0.15, -0.1) is 0 Å². The first kappa shape index (κ1) is 17.4. The van der Waals surface area contributed by atoms with E-state index >= 15 is 0 Å². The largest absolute Gasteiger partial charge is 0.287 e. The normalized spacial score (nSPS) is 29.2. The molecule has 0 unspecified atom stereocenters. The Bertz CT molecular complexity index is 787. The topological polar surface area (TPSA) is 76.3 Å². The first-order valence-electron chi connectivity index (χ1n) is 7.94. The third-order valence-corrected chi connectivity index (χ3v) is 6.81. The van der Waals surface area contributed by atoms with Crippen molar-refractivity contribution in [2.75, 3.05) is 0 Å². The van der Waals surface area contributed by atoms with Crippen molar-refractivity contribution in [3.63, 3.8) is 0 Å². The van der Waals surface area contributed by atoms with Crippen molar-refractivity contribution in [2.24, 2.45) is 21.8 Å². The Balaban J connectivity index is 1.71. The summed E-state index contributed by atoms with van der Waals surface area (Å²) in [7, 11) is 0. The van der Waals surface area contributed by atoms with Crippen molar-refractivity contribution in [3.05, 3.63) is 26.6 Å². The van der Waals surface area contributed by atoms with Crippen LogP contribution in [0.15, 0.2) is 16.1 Å². The summed E-state index contributed by atoms with van der Waals surface area (Å²) >= 11 is 11.5. The molecule has 1 aromatic heterocycles. The highest BCUT2D eigenvalue weighted by Gasteiger charge is 2.59. The number of carbonyl (C=O) groups is 1. The van der Waals surface area contributed by atoms with Crippen LogP contribution in [0.25, 0.3) is 0 Å². The first-order valence-corrected chi connectivity index (χ1v) is 8.69. The molecule has 6 nitrogen and oxygen atoms in total. The molecule has 1 amide bonds. The molecule has 0 spiro atoms. The third kappa shape index (κ3) is 2.56. The van der Waals surface area contributed by atoms with E-state index in [0.29, 0.717) is 5.92 Å². The molecule has 0 aromatic carbocycles.